The van der Waals surface area contributed by atoms with Crippen molar-refractivity contribution in [1.29, 1.82) is 0 Å². The van der Waals surface area contributed by atoms with Gasteiger partial charge in [-0.1, -0.05) is 42.7 Å². The Hall–Kier alpha value is -1.84. The fourth-order valence-electron chi connectivity index (χ4n) is 3.78. The van der Waals surface area contributed by atoms with Crippen LogP contribution >= 0.6 is 0 Å². The molecule has 4 heteroatoms. The summed E-state index contributed by atoms with van der Waals surface area (Å²) >= 11 is 0. The third kappa shape index (κ3) is 3.01. The van der Waals surface area contributed by atoms with Crippen LogP contribution in [0.2, 0.25) is 0 Å². The van der Waals surface area contributed by atoms with E-state index in [1.807, 2.05) is 0 Å². The third-order valence-corrected chi connectivity index (χ3v) is 5.10. The topological polar surface area (TPSA) is 58.2 Å². The van der Waals surface area contributed by atoms with Gasteiger partial charge in [0.2, 0.25) is 11.8 Å². The predicted molar refractivity (Wildman–Crippen MR) is 85.5 cm³/mol. The Morgan fingerprint density at radius 3 is 2.77 bits per heavy atom. The Balaban J connectivity index is 1.70. The minimum Gasteiger partial charge on any atom is -0.353 e. The van der Waals surface area contributed by atoms with Crippen molar-refractivity contribution < 1.29 is 9.59 Å². The van der Waals surface area contributed by atoms with Gasteiger partial charge in [-0.2, -0.15) is 0 Å². The highest BCUT2D eigenvalue weighted by atomic mass is 16.2. The van der Waals surface area contributed by atoms with Crippen molar-refractivity contribution in [2.24, 2.45) is 0 Å². The number of hydrogen-bond donors (Lipinski definition) is 2. The van der Waals surface area contributed by atoms with Crippen molar-refractivity contribution >= 4 is 11.8 Å². The molecule has 1 heterocycles. The largest absolute Gasteiger partial charge is 0.353 e. The highest BCUT2D eigenvalue weighted by Crippen LogP contribution is 2.40. The lowest BCUT2D eigenvalue weighted by molar-refractivity contribution is -0.125. The quantitative estimate of drug-likeness (QED) is 0.895. The number of nitrogens with one attached hydrogen (secondary N) is 2. The van der Waals surface area contributed by atoms with Crippen molar-refractivity contribution in [3.8, 4) is 0 Å². The van der Waals surface area contributed by atoms with Crippen LogP contribution in [-0.4, -0.2) is 24.4 Å². The molecule has 22 heavy (non-hydrogen) atoms. The van der Waals surface area contributed by atoms with Crippen LogP contribution in [0.25, 0.3) is 0 Å². The molecule has 2 amide bonds. The zero-order valence-corrected chi connectivity index (χ0v) is 13.2. The first-order valence-corrected chi connectivity index (χ1v) is 8.23. The van der Waals surface area contributed by atoms with E-state index < -0.39 is 0 Å². The summed E-state index contributed by atoms with van der Waals surface area (Å²) in [6.45, 7) is 2.78. The van der Waals surface area contributed by atoms with Crippen molar-refractivity contribution in [3.05, 3.63) is 35.4 Å². The van der Waals surface area contributed by atoms with Gasteiger partial charge in [0.15, 0.2) is 0 Å². The minimum atomic E-state index is -0.344. The summed E-state index contributed by atoms with van der Waals surface area (Å²) in [6.07, 6.45) is 5.73. The molecule has 118 valence electrons. The number of carbonyl (C=O) groups is 2. The molecule has 1 atom stereocenters. The van der Waals surface area contributed by atoms with Crippen LogP contribution < -0.4 is 10.6 Å². The summed E-state index contributed by atoms with van der Waals surface area (Å²) in [6, 6.07) is 8.29. The molecule has 0 spiro atoms. The van der Waals surface area contributed by atoms with E-state index in [4.69, 9.17) is 0 Å². The third-order valence-electron chi connectivity index (χ3n) is 5.10. The van der Waals surface area contributed by atoms with Crippen LogP contribution in [0.1, 0.15) is 49.7 Å². The molecule has 2 aliphatic rings. The highest BCUT2D eigenvalue weighted by Gasteiger charge is 2.37. The van der Waals surface area contributed by atoms with E-state index >= 15 is 0 Å². The van der Waals surface area contributed by atoms with Gasteiger partial charge in [0.25, 0.3) is 0 Å². The molecule has 0 radical (unpaired) electrons. The van der Waals surface area contributed by atoms with Gasteiger partial charge in [0, 0.05) is 18.4 Å². The lowest BCUT2D eigenvalue weighted by Gasteiger charge is -2.31. The van der Waals surface area contributed by atoms with Gasteiger partial charge in [-0.3, -0.25) is 9.59 Å². The molecule has 0 bridgehead atoms. The molecule has 4 nitrogen and oxygen atoms in total. The summed E-state index contributed by atoms with van der Waals surface area (Å²) in [7, 11) is 0. The Morgan fingerprint density at radius 2 is 2.14 bits per heavy atom. The lowest BCUT2D eigenvalue weighted by Crippen LogP contribution is -2.46. The van der Waals surface area contributed by atoms with E-state index in [0.29, 0.717) is 19.4 Å². The van der Waals surface area contributed by atoms with E-state index in [9.17, 15) is 9.59 Å². The first-order valence-electron chi connectivity index (χ1n) is 8.23. The van der Waals surface area contributed by atoms with Crippen molar-refractivity contribution in [2.75, 3.05) is 6.54 Å². The van der Waals surface area contributed by atoms with E-state index in [2.05, 4.69) is 41.8 Å². The van der Waals surface area contributed by atoms with Crippen molar-refractivity contribution in [2.45, 2.75) is 56.9 Å². The molecule has 1 saturated carbocycles. The van der Waals surface area contributed by atoms with Crippen LogP contribution in [0.4, 0.5) is 0 Å². The molecule has 1 saturated heterocycles. The minimum absolute atomic E-state index is 0.0191. The van der Waals surface area contributed by atoms with Gasteiger partial charge in [-0.15, -0.1) is 0 Å². The molecule has 3 rings (SSSR count). The summed E-state index contributed by atoms with van der Waals surface area (Å²) in [4.78, 5) is 23.5. The molecule has 1 aliphatic carbocycles. The maximum absolute atomic E-state index is 12.3. The normalized spacial score (nSPS) is 23.3. The Kier molecular flexibility index (Phi) is 4.19. The van der Waals surface area contributed by atoms with Gasteiger partial charge in [0.1, 0.15) is 6.04 Å². The van der Waals surface area contributed by atoms with Gasteiger partial charge in [-0.25, -0.2) is 0 Å². The molecule has 1 aliphatic heterocycles. The van der Waals surface area contributed by atoms with Crippen molar-refractivity contribution in [1.82, 2.24) is 10.6 Å². The lowest BCUT2D eigenvalue weighted by atomic mass is 9.78. The SMILES string of the molecule is Cc1cccc(C2(CNC(=O)C3CCC(=O)N3)CCCC2)c1. The van der Waals surface area contributed by atoms with Crippen LogP contribution in [0, 0.1) is 6.92 Å². The highest BCUT2D eigenvalue weighted by molar-refractivity contribution is 5.90. The zero-order chi connectivity index (χ0) is 15.6. The first-order chi connectivity index (χ1) is 10.6. The van der Waals surface area contributed by atoms with Crippen LogP contribution in [0.15, 0.2) is 24.3 Å². The van der Waals surface area contributed by atoms with Crippen LogP contribution in [0.5, 0.6) is 0 Å². The fourth-order valence-corrected chi connectivity index (χ4v) is 3.78. The zero-order valence-electron chi connectivity index (χ0n) is 13.2. The first kappa shape index (κ1) is 15.1. The Labute approximate surface area is 131 Å². The number of rotatable bonds is 4. The van der Waals surface area contributed by atoms with Crippen molar-refractivity contribution in [3.63, 3.8) is 0 Å². The van der Waals surface area contributed by atoms with Gasteiger partial charge in [-0.05, 0) is 31.7 Å². The Morgan fingerprint density at radius 1 is 1.36 bits per heavy atom. The molecule has 1 aromatic carbocycles. The standard InChI is InChI=1S/C18H24N2O2/c1-13-5-4-6-14(11-13)18(9-2-3-10-18)12-19-17(22)15-7-8-16(21)20-15/h4-6,11,15H,2-3,7-10,12H2,1H3,(H,19,22)(H,20,21). The number of carbonyl (C=O) groups excluding carboxylic acids is 2. The number of benzene rings is 1. The molecular weight excluding hydrogens is 276 g/mol. The van der Waals surface area contributed by atoms with E-state index in [0.717, 1.165) is 12.8 Å². The summed E-state index contributed by atoms with van der Waals surface area (Å²) in [5.74, 6) is -0.0563. The summed E-state index contributed by atoms with van der Waals surface area (Å²) in [5.41, 5.74) is 2.66. The average molecular weight is 300 g/mol. The maximum Gasteiger partial charge on any atom is 0.242 e. The van der Waals surface area contributed by atoms with E-state index in [1.165, 1.54) is 24.0 Å². The van der Waals surface area contributed by atoms with Gasteiger partial charge < -0.3 is 10.6 Å². The molecular formula is C18H24N2O2. The fraction of sp³-hybridized carbons (Fsp3) is 0.556. The number of hydrogen-bond acceptors (Lipinski definition) is 2. The second-order valence-corrected chi connectivity index (χ2v) is 6.73. The molecule has 2 fully saturated rings. The van der Waals surface area contributed by atoms with Crippen LogP contribution in [-0.2, 0) is 15.0 Å². The molecule has 1 unspecified atom stereocenters. The van der Waals surface area contributed by atoms with Crippen LogP contribution in [0.3, 0.4) is 0 Å². The van der Waals surface area contributed by atoms with E-state index in [1.54, 1.807) is 0 Å². The molecule has 2 N–H and O–H groups in total. The monoisotopic (exact) mass is 300 g/mol. The second kappa shape index (κ2) is 6.11. The molecule has 1 aromatic rings. The second-order valence-electron chi connectivity index (χ2n) is 6.73. The average Bonchev–Trinajstić information content (AvgIpc) is 3.15. The number of amides is 2. The number of aryl methyl sites for hydroxylation is 1. The van der Waals surface area contributed by atoms with Gasteiger partial charge >= 0.3 is 0 Å². The summed E-state index contributed by atoms with van der Waals surface area (Å²) < 4.78 is 0. The Bertz CT molecular complexity index is 576. The summed E-state index contributed by atoms with van der Waals surface area (Å²) in [5, 5.41) is 5.83. The smallest absolute Gasteiger partial charge is 0.242 e. The predicted octanol–water partition coefficient (Wildman–Crippen LogP) is 2.20. The molecule has 0 aromatic heterocycles. The maximum atomic E-state index is 12.3. The van der Waals surface area contributed by atoms with E-state index in [-0.39, 0.29) is 23.3 Å². The van der Waals surface area contributed by atoms with Gasteiger partial charge in [0.05, 0.1) is 0 Å².